The van der Waals surface area contributed by atoms with Crippen molar-refractivity contribution in [1.29, 1.82) is 0 Å². The summed E-state index contributed by atoms with van der Waals surface area (Å²) in [6, 6.07) is 3.07. The van der Waals surface area contributed by atoms with Gasteiger partial charge in [-0.3, -0.25) is 18.6 Å². The molecule has 2 aromatic rings. The fourth-order valence-corrected chi connectivity index (χ4v) is 7.97. The number of benzene rings is 1. The molecule has 1 aromatic carbocycles. The fourth-order valence-electron chi connectivity index (χ4n) is 5.87. The van der Waals surface area contributed by atoms with Crippen molar-refractivity contribution in [2.24, 2.45) is 5.92 Å². The molecule has 5 rings (SSSR count). The molecule has 1 saturated heterocycles. The summed E-state index contributed by atoms with van der Waals surface area (Å²) in [5, 5.41) is 18.2. The van der Waals surface area contributed by atoms with Crippen LogP contribution >= 0.6 is 10.6 Å². The van der Waals surface area contributed by atoms with Gasteiger partial charge in [0, 0.05) is 29.2 Å². The van der Waals surface area contributed by atoms with Crippen LogP contribution in [-0.2, 0) is 17.6 Å². The van der Waals surface area contributed by atoms with Crippen molar-refractivity contribution in [3.63, 3.8) is 0 Å². The number of hydrogen-bond donors (Lipinski definition) is 4. The highest BCUT2D eigenvalue weighted by molar-refractivity contribution is 8.25. The van der Waals surface area contributed by atoms with E-state index < -0.39 is 40.6 Å². The van der Waals surface area contributed by atoms with E-state index in [0.29, 0.717) is 37.8 Å². The van der Waals surface area contributed by atoms with Crippen LogP contribution in [0, 0.1) is 11.7 Å². The first kappa shape index (κ1) is 25.4. The van der Waals surface area contributed by atoms with Gasteiger partial charge in [-0.1, -0.05) is 0 Å². The molecule has 8 nitrogen and oxygen atoms in total. The summed E-state index contributed by atoms with van der Waals surface area (Å²) in [5.41, 5.74) is 1.13. The third-order valence-corrected chi connectivity index (χ3v) is 9.57. The van der Waals surface area contributed by atoms with Gasteiger partial charge >= 0.3 is 6.61 Å². The number of hydrogen-bond acceptors (Lipinski definition) is 6. The summed E-state index contributed by atoms with van der Waals surface area (Å²) in [5.74, 6) is -1.17. The Morgan fingerprint density at radius 1 is 1.28 bits per heavy atom. The third kappa shape index (κ3) is 4.83. The maximum atomic E-state index is 14.9. The molecule has 198 valence electrons. The van der Waals surface area contributed by atoms with Crippen LogP contribution in [0.1, 0.15) is 49.9 Å². The highest BCUT2D eigenvalue weighted by Gasteiger charge is 2.47. The molecule has 2 heterocycles. The lowest BCUT2D eigenvalue weighted by molar-refractivity contribution is -0.126. The van der Waals surface area contributed by atoms with E-state index in [1.165, 1.54) is 6.07 Å². The van der Waals surface area contributed by atoms with E-state index in [1.807, 2.05) is 0 Å². The van der Waals surface area contributed by atoms with Gasteiger partial charge in [0.05, 0.1) is 34.9 Å². The highest BCUT2D eigenvalue weighted by Crippen LogP contribution is 2.54. The second-order valence-electron chi connectivity index (χ2n) is 10.4. The Balaban J connectivity index is 1.47. The normalized spacial score (nSPS) is 27.3. The largest absolute Gasteiger partial charge is 0.435 e. The van der Waals surface area contributed by atoms with Crippen molar-refractivity contribution < 1.29 is 36.9 Å². The molecule has 0 spiro atoms. The number of carbonyl (C=O) groups excluding carboxylic acids is 1. The standard InChI is InChI=1S/C24H30F3N3O5S/c1-24(11-36(33,34)12-24)28-22(32)13-5-7-15-19(9-13)30(18-3-2-4-20(18)31)29-21(15)16-10-14(35-23(26)27)6-8-17(16)25/h6,8,10,13,18,20,23,31,33-34H,2-5,7,9,11-12H2,1H3,(H,28,32)/t13?,18-,20-/m0/s1. The first-order valence-corrected chi connectivity index (χ1v) is 13.9. The summed E-state index contributed by atoms with van der Waals surface area (Å²) in [6.45, 7) is -1.27. The van der Waals surface area contributed by atoms with Crippen LogP contribution in [-0.4, -0.2) is 59.7 Å². The summed E-state index contributed by atoms with van der Waals surface area (Å²) in [7, 11) is -2.63. The monoisotopic (exact) mass is 529 g/mol. The lowest BCUT2D eigenvalue weighted by Crippen LogP contribution is -2.62. The van der Waals surface area contributed by atoms with E-state index in [0.717, 1.165) is 29.8 Å². The van der Waals surface area contributed by atoms with Gasteiger partial charge in [0.1, 0.15) is 11.6 Å². The highest BCUT2D eigenvalue weighted by atomic mass is 32.3. The lowest BCUT2D eigenvalue weighted by Gasteiger charge is -2.54. The number of fused-ring (bicyclic) bond motifs is 1. The van der Waals surface area contributed by atoms with Crippen molar-refractivity contribution in [2.45, 2.75) is 69.7 Å². The van der Waals surface area contributed by atoms with Gasteiger partial charge < -0.3 is 15.2 Å². The molecule has 1 aliphatic heterocycles. The molecular formula is C24H30F3N3O5S. The summed E-state index contributed by atoms with van der Waals surface area (Å²) >= 11 is 0. The fraction of sp³-hybridized carbons (Fsp3) is 0.583. The predicted octanol–water partition coefficient (Wildman–Crippen LogP) is 4.12. The van der Waals surface area contributed by atoms with E-state index in [9.17, 15) is 32.2 Å². The Kier molecular flexibility index (Phi) is 6.51. The van der Waals surface area contributed by atoms with Gasteiger partial charge in [-0.2, -0.15) is 24.5 Å². The minimum absolute atomic E-state index is 0.0331. The summed E-state index contributed by atoms with van der Waals surface area (Å²) < 4.78 is 66.1. The Morgan fingerprint density at radius 2 is 2.03 bits per heavy atom. The quantitative estimate of drug-likeness (QED) is 0.447. The maximum absolute atomic E-state index is 14.9. The number of rotatable bonds is 6. The Morgan fingerprint density at radius 3 is 2.67 bits per heavy atom. The topological polar surface area (TPSA) is 117 Å². The molecule has 3 atom stereocenters. The molecule has 4 N–H and O–H groups in total. The van der Waals surface area contributed by atoms with E-state index in [1.54, 1.807) is 11.6 Å². The summed E-state index contributed by atoms with van der Waals surface area (Å²) in [4.78, 5) is 13.1. The maximum Gasteiger partial charge on any atom is 0.387 e. The van der Waals surface area contributed by atoms with E-state index >= 15 is 0 Å². The summed E-state index contributed by atoms with van der Waals surface area (Å²) in [6.07, 6.45) is 2.65. The minimum Gasteiger partial charge on any atom is -0.435 e. The van der Waals surface area contributed by atoms with Gasteiger partial charge in [-0.15, -0.1) is 0 Å². The number of nitrogens with zero attached hydrogens (tertiary/aromatic N) is 2. The molecule has 0 bridgehead atoms. The van der Waals surface area contributed by atoms with Crippen LogP contribution < -0.4 is 10.1 Å². The Labute approximate surface area is 208 Å². The number of aliphatic hydroxyl groups excluding tert-OH is 1. The first-order chi connectivity index (χ1) is 16.9. The number of carbonyl (C=O) groups is 1. The number of halogens is 3. The number of aromatic nitrogens is 2. The van der Waals surface area contributed by atoms with Gasteiger partial charge in [-0.05, 0) is 57.2 Å². The zero-order valence-electron chi connectivity index (χ0n) is 19.8. The molecule has 3 aliphatic rings. The molecule has 2 aliphatic carbocycles. The molecule has 2 fully saturated rings. The number of nitrogens with one attached hydrogen (secondary N) is 1. The van der Waals surface area contributed by atoms with Gasteiger partial charge in [0.15, 0.2) is 0 Å². The van der Waals surface area contributed by atoms with Gasteiger partial charge in [-0.25, -0.2) is 4.39 Å². The molecule has 12 heteroatoms. The van der Waals surface area contributed by atoms with Crippen molar-refractivity contribution >= 4 is 16.5 Å². The van der Waals surface area contributed by atoms with Gasteiger partial charge in [0.25, 0.3) is 0 Å². The van der Waals surface area contributed by atoms with Crippen LogP contribution in [0.25, 0.3) is 11.3 Å². The van der Waals surface area contributed by atoms with E-state index in [2.05, 4.69) is 15.2 Å². The van der Waals surface area contributed by atoms with E-state index in [-0.39, 0.29) is 34.8 Å². The molecule has 0 radical (unpaired) electrons. The van der Waals surface area contributed by atoms with Crippen LogP contribution in [0.5, 0.6) is 5.75 Å². The van der Waals surface area contributed by atoms with E-state index in [4.69, 9.17) is 0 Å². The van der Waals surface area contributed by atoms with Crippen molar-refractivity contribution in [3.8, 4) is 17.0 Å². The van der Waals surface area contributed by atoms with Crippen LogP contribution in [0.2, 0.25) is 0 Å². The first-order valence-electron chi connectivity index (χ1n) is 12.0. The lowest BCUT2D eigenvalue weighted by atomic mass is 9.84. The average Bonchev–Trinajstić information content (AvgIpc) is 3.35. The molecule has 1 aromatic heterocycles. The second-order valence-corrected chi connectivity index (χ2v) is 12.6. The number of amides is 1. The van der Waals surface area contributed by atoms with Crippen LogP contribution in [0.15, 0.2) is 18.2 Å². The molecule has 1 unspecified atom stereocenters. The van der Waals surface area contributed by atoms with Crippen LogP contribution in [0.3, 0.4) is 0 Å². The predicted molar refractivity (Wildman–Crippen MR) is 128 cm³/mol. The Hall–Kier alpha value is -2.28. The zero-order valence-corrected chi connectivity index (χ0v) is 20.6. The van der Waals surface area contributed by atoms with Crippen molar-refractivity contribution in [3.05, 3.63) is 35.3 Å². The smallest absolute Gasteiger partial charge is 0.387 e. The second kappa shape index (κ2) is 9.23. The molecule has 1 saturated carbocycles. The number of ether oxygens (including phenoxy) is 1. The molecule has 1 amide bonds. The molecular weight excluding hydrogens is 499 g/mol. The van der Waals surface area contributed by atoms with Crippen LogP contribution in [0.4, 0.5) is 13.2 Å². The third-order valence-electron chi connectivity index (χ3n) is 7.37. The minimum atomic E-state index is -3.05. The molecule has 36 heavy (non-hydrogen) atoms. The van der Waals surface area contributed by atoms with Gasteiger partial charge in [0.2, 0.25) is 5.91 Å². The average molecular weight is 530 g/mol. The zero-order chi connectivity index (χ0) is 25.8. The Bertz CT molecular complexity index is 1170. The van der Waals surface area contributed by atoms with Crippen molar-refractivity contribution in [1.82, 2.24) is 15.1 Å². The number of alkyl halides is 2. The SMILES string of the molecule is CC1(NC(=O)C2CCc3c(-c4cc(OC(F)F)ccc4F)nn([C@H]4CCC[C@@H]4O)c3C2)CS(O)(O)C1. The number of aliphatic hydroxyl groups is 1. The van der Waals surface area contributed by atoms with Crippen molar-refractivity contribution in [2.75, 3.05) is 11.5 Å².